The molecule has 1 aliphatic carbocycles. The van der Waals surface area contributed by atoms with E-state index in [-0.39, 0.29) is 5.82 Å². The largest absolute Gasteiger partial charge is 0.490 e. The number of aryl methyl sites for hydroxylation is 2. The summed E-state index contributed by atoms with van der Waals surface area (Å²) in [7, 11) is 0. The van der Waals surface area contributed by atoms with Gasteiger partial charge in [-0.15, -0.1) is 0 Å². The van der Waals surface area contributed by atoms with Crippen molar-refractivity contribution in [1.82, 2.24) is 0 Å². The van der Waals surface area contributed by atoms with Crippen LogP contribution in [-0.4, -0.2) is 6.61 Å². The van der Waals surface area contributed by atoms with E-state index in [4.69, 9.17) is 4.74 Å². The number of rotatable bonds is 3. The van der Waals surface area contributed by atoms with E-state index in [1.165, 1.54) is 17.5 Å². The van der Waals surface area contributed by atoms with Crippen LogP contribution in [0.4, 0.5) is 4.39 Å². The molecule has 2 aromatic carbocycles. The Kier molecular flexibility index (Phi) is 3.72. The minimum atomic E-state index is -0.239. The minimum Gasteiger partial charge on any atom is -0.490 e. The van der Waals surface area contributed by atoms with Crippen LogP contribution >= 0.6 is 0 Å². The van der Waals surface area contributed by atoms with Gasteiger partial charge in [0.25, 0.3) is 0 Å². The second kappa shape index (κ2) is 5.66. The van der Waals surface area contributed by atoms with E-state index in [0.29, 0.717) is 23.8 Å². The normalized spacial score (nSPS) is 17.6. The maximum atomic E-state index is 13.9. The molecule has 1 unspecified atom stereocenters. The fraction of sp³-hybridized carbons (Fsp3) is 0.333. The highest BCUT2D eigenvalue weighted by atomic mass is 19.1. The number of ether oxygens (including phenoxy) is 1. The van der Waals surface area contributed by atoms with Gasteiger partial charge in [0.2, 0.25) is 0 Å². The van der Waals surface area contributed by atoms with Crippen LogP contribution in [0.1, 0.15) is 35.4 Å². The molecule has 104 valence electrons. The topological polar surface area (TPSA) is 9.23 Å². The van der Waals surface area contributed by atoms with Crippen LogP contribution in [0.15, 0.2) is 42.5 Å². The lowest BCUT2D eigenvalue weighted by atomic mass is 9.83. The van der Waals surface area contributed by atoms with Crippen molar-refractivity contribution < 1.29 is 9.13 Å². The molecule has 2 aromatic rings. The molecule has 0 N–H and O–H groups in total. The summed E-state index contributed by atoms with van der Waals surface area (Å²) in [6.45, 7) is 2.31. The second-order valence-corrected chi connectivity index (χ2v) is 5.49. The SMILES string of the molecule is Cc1cccc(OCC2CCCc3ccccc32)c1F. The number of hydrogen-bond donors (Lipinski definition) is 0. The van der Waals surface area contributed by atoms with Gasteiger partial charge in [0.15, 0.2) is 11.6 Å². The minimum absolute atomic E-state index is 0.239. The number of fused-ring (bicyclic) bond motifs is 1. The highest BCUT2D eigenvalue weighted by Gasteiger charge is 2.20. The first-order valence-electron chi connectivity index (χ1n) is 7.21. The molecule has 1 nitrogen and oxygen atoms in total. The highest BCUT2D eigenvalue weighted by Crippen LogP contribution is 2.32. The van der Waals surface area contributed by atoms with Gasteiger partial charge in [-0.3, -0.25) is 0 Å². The van der Waals surface area contributed by atoms with Gasteiger partial charge >= 0.3 is 0 Å². The van der Waals surface area contributed by atoms with Crippen molar-refractivity contribution in [1.29, 1.82) is 0 Å². The Morgan fingerprint density at radius 1 is 1.15 bits per heavy atom. The van der Waals surface area contributed by atoms with Gasteiger partial charge in [0, 0.05) is 5.92 Å². The van der Waals surface area contributed by atoms with Crippen molar-refractivity contribution in [3.63, 3.8) is 0 Å². The van der Waals surface area contributed by atoms with E-state index in [2.05, 4.69) is 24.3 Å². The molecule has 2 heteroatoms. The van der Waals surface area contributed by atoms with Crippen LogP contribution in [-0.2, 0) is 6.42 Å². The fourth-order valence-electron chi connectivity index (χ4n) is 2.95. The third-order valence-corrected chi connectivity index (χ3v) is 4.09. The van der Waals surface area contributed by atoms with E-state index in [0.717, 1.165) is 12.8 Å². The van der Waals surface area contributed by atoms with Gasteiger partial charge in [-0.1, -0.05) is 36.4 Å². The molecule has 0 aliphatic heterocycles. The average molecular weight is 270 g/mol. The molecule has 0 aromatic heterocycles. The maximum Gasteiger partial charge on any atom is 0.167 e. The summed E-state index contributed by atoms with van der Waals surface area (Å²) < 4.78 is 19.7. The van der Waals surface area contributed by atoms with Crippen molar-refractivity contribution >= 4 is 0 Å². The van der Waals surface area contributed by atoms with Gasteiger partial charge in [-0.25, -0.2) is 4.39 Å². The number of hydrogen-bond acceptors (Lipinski definition) is 1. The summed E-state index contributed by atoms with van der Waals surface area (Å²) in [5.74, 6) is 0.504. The third kappa shape index (κ3) is 2.55. The molecule has 0 spiro atoms. The van der Waals surface area contributed by atoms with E-state index in [1.807, 2.05) is 6.07 Å². The summed E-state index contributed by atoms with van der Waals surface area (Å²) in [6.07, 6.45) is 3.44. The lowest BCUT2D eigenvalue weighted by Gasteiger charge is -2.25. The summed E-state index contributed by atoms with van der Waals surface area (Å²) in [5.41, 5.74) is 3.41. The van der Waals surface area contributed by atoms with Crippen molar-refractivity contribution in [2.45, 2.75) is 32.1 Å². The maximum absolute atomic E-state index is 13.9. The Morgan fingerprint density at radius 3 is 2.90 bits per heavy atom. The zero-order valence-electron chi connectivity index (χ0n) is 11.7. The van der Waals surface area contributed by atoms with Gasteiger partial charge < -0.3 is 4.74 Å². The van der Waals surface area contributed by atoms with Crippen molar-refractivity contribution in [3.05, 3.63) is 65.0 Å². The first kappa shape index (κ1) is 13.2. The first-order valence-corrected chi connectivity index (χ1v) is 7.21. The summed E-state index contributed by atoms with van der Waals surface area (Å²) in [4.78, 5) is 0. The third-order valence-electron chi connectivity index (χ3n) is 4.09. The zero-order valence-corrected chi connectivity index (χ0v) is 11.7. The predicted molar refractivity (Wildman–Crippen MR) is 78.8 cm³/mol. The van der Waals surface area contributed by atoms with E-state index < -0.39 is 0 Å². The van der Waals surface area contributed by atoms with Crippen LogP contribution in [0.5, 0.6) is 5.75 Å². The number of benzene rings is 2. The molecule has 0 bridgehead atoms. The lowest BCUT2D eigenvalue weighted by Crippen LogP contribution is -2.17. The molecule has 0 heterocycles. The Balaban J connectivity index is 1.75. The fourth-order valence-corrected chi connectivity index (χ4v) is 2.95. The average Bonchev–Trinajstić information content (AvgIpc) is 2.49. The first-order chi connectivity index (χ1) is 9.75. The van der Waals surface area contributed by atoms with Crippen LogP contribution in [0.3, 0.4) is 0 Å². The summed E-state index contributed by atoms with van der Waals surface area (Å²) >= 11 is 0. The molecule has 0 saturated carbocycles. The molecular weight excluding hydrogens is 251 g/mol. The molecule has 20 heavy (non-hydrogen) atoms. The van der Waals surface area contributed by atoms with Crippen LogP contribution in [0.2, 0.25) is 0 Å². The summed E-state index contributed by atoms with van der Waals surface area (Å²) in [6, 6.07) is 13.8. The predicted octanol–water partition coefficient (Wildman–Crippen LogP) is 4.63. The summed E-state index contributed by atoms with van der Waals surface area (Å²) in [5, 5.41) is 0. The molecule has 0 amide bonds. The molecular formula is C18H19FO. The molecule has 0 radical (unpaired) electrons. The van der Waals surface area contributed by atoms with Crippen LogP contribution in [0.25, 0.3) is 0 Å². The highest BCUT2D eigenvalue weighted by molar-refractivity contribution is 5.34. The van der Waals surface area contributed by atoms with E-state index in [9.17, 15) is 4.39 Å². The molecule has 1 aliphatic rings. The van der Waals surface area contributed by atoms with Gasteiger partial charge in [0.1, 0.15) is 0 Å². The molecule has 3 rings (SSSR count). The Labute approximate surface area is 119 Å². The second-order valence-electron chi connectivity index (χ2n) is 5.49. The Morgan fingerprint density at radius 2 is 2.00 bits per heavy atom. The quantitative estimate of drug-likeness (QED) is 0.790. The zero-order chi connectivity index (χ0) is 13.9. The van der Waals surface area contributed by atoms with E-state index in [1.54, 1.807) is 19.1 Å². The molecule has 0 fully saturated rings. The van der Waals surface area contributed by atoms with Gasteiger partial charge in [-0.05, 0) is 48.9 Å². The van der Waals surface area contributed by atoms with Crippen LogP contribution < -0.4 is 4.74 Å². The van der Waals surface area contributed by atoms with Crippen molar-refractivity contribution in [2.24, 2.45) is 0 Å². The molecule has 0 saturated heterocycles. The number of halogens is 1. The molecule has 1 atom stereocenters. The smallest absolute Gasteiger partial charge is 0.167 e. The van der Waals surface area contributed by atoms with Crippen LogP contribution in [0, 0.1) is 12.7 Å². The van der Waals surface area contributed by atoms with Gasteiger partial charge in [0.05, 0.1) is 6.61 Å². The monoisotopic (exact) mass is 270 g/mol. The Hall–Kier alpha value is -1.83. The van der Waals surface area contributed by atoms with Crippen molar-refractivity contribution in [2.75, 3.05) is 6.61 Å². The Bertz CT molecular complexity index is 606. The van der Waals surface area contributed by atoms with E-state index >= 15 is 0 Å². The van der Waals surface area contributed by atoms with Gasteiger partial charge in [-0.2, -0.15) is 0 Å². The lowest BCUT2D eigenvalue weighted by molar-refractivity contribution is 0.262. The van der Waals surface area contributed by atoms with Crippen molar-refractivity contribution in [3.8, 4) is 5.75 Å². The standard InChI is InChI=1S/C18H19FO/c1-13-6-4-11-17(18(13)19)20-12-15-9-5-8-14-7-2-3-10-16(14)15/h2-4,6-7,10-11,15H,5,8-9,12H2,1H3.